The summed E-state index contributed by atoms with van der Waals surface area (Å²) in [6, 6.07) is 15.4. The van der Waals surface area contributed by atoms with Gasteiger partial charge >= 0.3 is 0 Å². The fraction of sp³-hybridized carbons (Fsp3) is 0.344. The molecule has 3 aliphatic rings. The molecular formula is C32H31ClN4O4. The lowest BCUT2D eigenvalue weighted by Crippen LogP contribution is -2.33. The number of benzene rings is 2. The van der Waals surface area contributed by atoms with E-state index < -0.39 is 5.79 Å². The van der Waals surface area contributed by atoms with Crippen LogP contribution in [-0.2, 0) is 23.6 Å². The molecule has 0 aliphatic carbocycles. The van der Waals surface area contributed by atoms with E-state index in [9.17, 15) is 4.79 Å². The second kappa shape index (κ2) is 10.2. The highest BCUT2D eigenvalue weighted by atomic mass is 35.5. The number of nitrogens with zero attached hydrogens (tertiary/aromatic N) is 4. The Balaban J connectivity index is 1.11. The number of ketones is 1. The molecule has 0 radical (unpaired) electrons. The molecule has 7 rings (SSSR count). The summed E-state index contributed by atoms with van der Waals surface area (Å²) >= 11 is 6.04. The second-order valence-corrected chi connectivity index (χ2v) is 11.5. The second-order valence-electron chi connectivity index (χ2n) is 11.1. The number of carbonyl (C=O) groups is 1. The average molecular weight is 571 g/mol. The summed E-state index contributed by atoms with van der Waals surface area (Å²) in [7, 11) is 0. The van der Waals surface area contributed by atoms with E-state index in [4.69, 9.17) is 30.8 Å². The lowest BCUT2D eigenvalue weighted by molar-refractivity contribution is -0.0721. The van der Waals surface area contributed by atoms with Crippen LogP contribution in [-0.4, -0.2) is 44.5 Å². The summed E-state index contributed by atoms with van der Waals surface area (Å²) < 4.78 is 20.7. The van der Waals surface area contributed by atoms with Crippen LogP contribution in [0, 0.1) is 0 Å². The smallest absolute Gasteiger partial charge is 0.292 e. The van der Waals surface area contributed by atoms with Gasteiger partial charge in [0.1, 0.15) is 11.5 Å². The normalized spacial score (nSPS) is 23.1. The van der Waals surface area contributed by atoms with Gasteiger partial charge in [-0.05, 0) is 62.4 Å². The van der Waals surface area contributed by atoms with Crippen molar-refractivity contribution in [2.24, 2.45) is 0 Å². The van der Waals surface area contributed by atoms with Crippen LogP contribution in [0.1, 0.15) is 60.0 Å². The molecular weight excluding hydrogens is 540 g/mol. The molecule has 1 unspecified atom stereocenters. The topological polar surface area (TPSA) is 78.7 Å². The number of allylic oxidation sites excluding steroid dienone is 1. The third-order valence-corrected chi connectivity index (χ3v) is 8.44. The molecule has 0 saturated carbocycles. The van der Waals surface area contributed by atoms with Crippen LogP contribution in [0.15, 0.2) is 67.0 Å². The largest absolute Gasteiger partial charge is 0.443 e. The first kappa shape index (κ1) is 26.0. The van der Waals surface area contributed by atoms with E-state index in [1.54, 1.807) is 19.2 Å². The van der Waals surface area contributed by atoms with Crippen LogP contribution in [0.25, 0.3) is 11.0 Å². The van der Waals surface area contributed by atoms with Gasteiger partial charge in [-0.3, -0.25) is 9.78 Å². The highest BCUT2D eigenvalue weighted by molar-refractivity contribution is 6.30. The lowest BCUT2D eigenvalue weighted by atomic mass is 9.92. The Bertz CT molecular complexity index is 1660. The number of hydrogen-bond acceptors (Lipinski definition) is 7. The van der Waals surface area contributed by atoms with Crippen LogP contribution < -0.4 is 9.47 Å². The summed E-state index contributed by atoms with van der Waals surface area (Å²) in [5, 5.41) is 0.568. The summed E-state index contributed by atoms with van der Waals surface area (Å²) in [6.45, 7) is 6.56. The molecule has 0 amide bonds. The van der Waals surface area contributed by atoms with Crippen LogP contribution in [0.5, 0.6) is 11.5 Å². The van der Waals surface area contributed by atoms with E-state index in [0.717, 1.165) is 66.5 Å². The molecule has 2 aromatic heterocycles. The van der Waals surface area contributed by atoms with Gasteiger partial charge in [-0.25, -0.2) is 4.98 Å². The molecule has 210 valence electrons. The Morgan fingerprint density at radius 3 is 2.73 bits per heavy atom. The molecule has 9 heteroatoms. The monoisotopic (exact) mass is 570 g/mol. The van der Waals surface area contributed by atoms with Gasteiger partial charge in [-0.1, -0.05) is 29.8 Å². The maximum absolute atomic E-state index is 12.1. The van der Waals surface area contributed by atoms with Gasteiger partial charge in [0, 0.05) is 43.3 Å². The van der Waals surface area contributed by atoms with E-state index in [2.05, 4.69) is 32.8 Å². The van der Waals surface area contributed by atoms with Crippen molar-refractivity contribution in [1.29, 1.82) is 0 Å². The number of pyridine rings is 1. The molecule has 1 saturated heterocycles. The molecule has 0 bridgehead atoms. The molecule has 8 nitrogen and oxygen atoms in total. The highest BCUT2D eigenvalue weighted by Crippen LogP contribution is 2.48. The Labute approximate surface area is 243 Å². The molecule has 0 N–H and O–H groups in total. The fourth-order valence-electron chi connectivity index (χ4n) is 5.81. The number of ether oxygens (including phenoxy) is 3. The van der Waals surface area contributed by atoms with E-state index in [1.807, 2.05) is 43.3 Å². The number of aromatic nitrogens is 3. The number of imidazole rings is 1. The fourth-order valence-corrected chi connectivity index (χ4v) is 5.92. The van der Waals surface area contributed by atoms with E-state index in [1.165, 1.54) is 0 Å². The Kier molecular flexibility index (Phi) is 6.47. The van der Waals surface area contributed by atoms with Crippen LogP contribution in [0.4, 0.5) is 0 Å². The third kappa shape index (κ3) is 4.85. The first-order valence-corrected chi connectivity index (χ1v) is 14.4. The first-order valence-electron chi connectivity index (χ1n) is 14.0. The van der Waals surface area contributed by atoms with Crippen molar-refractivity contribution >= 4 is 28.4 Å². The molecule has 1 fully saturated rings. The zero-order chi connectivity index (χ0) is 28.1. The summed E-state index contributed by atoms with van der Waals surface area (Å²) in [4.78, 5) is 23.7. The van der Waals surface area contributed by atoms with Gasteiger partial charge in [-0.15, -0.1) is 0 Å². The van der Waals surface area contributed by atoms with Crippen molar-refractivity contribution in [3.05, 3.63) is 94.7 Å². The standard InChI is InChI=1S/C32H31ClN4O4/c1-20(38)22-6-8-26-27(16-22)37(18-24-12-15-39-24)30(35-26)19-36-13-10-21(11-14-36)25-4-3-5-28-31(25)41-32(2,40-28)29-9-7-23(33)17-34-29/h3-10,13,16-17,21,24H,11-12,14-15,18-19H2,1-2H3/t21?,24-,32-/m0/s1. The van der Waals surface area contributed by atoms with E-state index >= 15 is 0 Å². The van der Waals surface area contributed by atoms with Crippen LogP contribution in [0.3, 0.4) is 0 Å². The zero-order valence-corrected chi connectivity index (χ0v) is 23.8. The number of carbonyl (C=O) groups excluding carboxylic acids is 1. The lowest BCUT2D eigenvalue weighted by Gasteiger charge is -2.30. The maximum Gasteiger partial charge on any atom is 0.292 e. The molecule has 3 aliphatic heterocycles. The molecule has 3 atom stereocenters. The number of para-hydroxylation sites is 1. The van der Waals surface area contributed by atoms with Crippen molar-refractivity contribution in [2.75, 3.05) is 13.2 Å². The average Bonchev–Trinajstić information content (AvgIpc) is 3.47. The van der Waals surface area contributed by atoms with Crippen molar-refractivity contribution in [3.63, 3.8) is 0 Å². The molecule has 0 spiro atoms. The van der Waals surface area contributed by atoms with Crippen molar-refractivity contribution in [2.45, 2.75) is 57.6 Å². The zero-order valence-electron chi connectivity index (χ0n) is 23.0. The Morgan fingerprint density at radius 2 is 2.02 bits per heavy atom. The van der Waals surface area contributed by atoms with Gasteiger partial charge in [0.15, 0.2) is 17.3 Å². The van der Waals surface area contributed by atoms with E-state index in [-0.39, 0.29) is 17.8 Å². The molecule has 5 heterocycles. The van der Waals surface area contributed by atoms with Crippen molar-refractivity contribution < 1.29 is 19.0 Å². The minimum atomic E-state index is -1.01. The predicted octanol–water partition coefficient (Wildman–Crippen LogP) is 6.22. The number of halogens is 1. The maximum atomic E-state index is 12.1. The quantitative estimate of drug-likeness (QED) is 0.244. The number of hydrogen-bond donors (Lipinski definition) is 0. The van der Waals surface area contributed by atoms with E-state index in [0.29, 0.717) is 22.8 Å². The van der Waals surface area contributed by atoms with Crippen molar-refractivity contribution in [3.8, 4) is 11.5 Å². The van der Waals surface area contributed by atoms with Gasteiger partial charge in [0.05, 0.1) is 35.2 Å². The predicted molar refractivity (Wildman–Crippen MR) is 155 cm³/mol. The molecule has 41 heavy (non-hydrogen) atoms. The SMILES string of the molecule is CC(=O)c1ccc2nc(CN3C=CC(c4cccc5c4O[C@@](C)(c4ccc(Cl)cn4)O5)CC3)n(C[C@@H]3CCO3)c2c1. The van der Waals surface area contributed by atoms with Gasteiger partial charge in [0.25, 0.3) is 5.79 Å². The molecule has 4 aromatic rings. The minimum Gasteiger partial charge on any atom is -0.443 e. The third-order valence-electron chi connectivity index (χ3n) is 8.22. The summed E-state index contributed by atoms with van der Waals surface area (Å²) in [6.07, 6.45) is 8.14. The summed E-state index contributed by atoms with van der Waals surface area (Å²) in [5.74, 6) is 1.68. The van der Waals surface area contributed by atoms with Gasteiger partial charge < -0.3 is 23.7 Å². The van der Waals surface area contributed by atoms with Gasteiger partial charge in [-0.2, -0.15) is 0 Å². The van der Waals surface area contributed by atoms with Crippen LogP contribution >= 0.6 is 11.6 Å². The number of rotatable bonds is 7. The van der Waals surface area contributed by atoms with Crippen LogP contribution in [0.2, 0.25) is 5.02 Å². The van der Waals surface area contributed by atoms with Crippen molar-refractivity contribution in [1.82, 2.24) is 19.4 Å². The highest BCUT2D eigenvalue weighted by Gasteiger charge is 2.42. The first-order chi connectivity index (χ1) is 19.9. The Morgan fingerprint density at radius 1 is 1.15 bits per heavy atom. The minimum absolute atomic E-state index is 0.0534. The number of Topliss-reactive ketones (excluding diaryl/α,β-unsaturated/α-hetero) is 1. The summed E-state index contributed by atoms with van der Waals surface area (Å²) in [5.41, 5.74) is 4.35. The molecule has 2 aromatic carbocycles. The Hall–Kier alpha value is -3.88. The number of fused-ring (bicyclic) bond motifs is 2. The van der Waals surface area contributed by atoms with Gasteiger partial charge in [0.2, 0.25) is 0 Å².